The second-order valence-corrected chi connectivity index (χ2v) is 7.48. The van der Waals surface area contributed by atoms with Gasteiger partial charge in [-0.3, -0.25) is 9.89 Å². The molecule has 2 fully saturated rings. The third-order valence-electron chi connectivity index (χ3n) is 6.04. The van der Waals surface area contributed by atoms with Crippen molar-refractivity contribution in [1.29, 1.82) is 0 Å². The Morgan fingerprint density at radius 2 is 2.20 bits per heavy atom. The lowest BCUT2D eigenvalue weighted by Crippen LogP contribution is -2.38. The van der Waals surface area contributed by atoms with Crippen LogP contribution in [0.25, 0.3) is 10.9 Å². The van der Waals surface area contributed by atoms with Crippen molar-refractivity contribution in [2.45, 2.75) is 32.1 Å². The van der Waals surface area contributed by atoms with E-state index < -0.39 is 0 Å². The first-order valence-corrected chi connectivity index (χ1v) is 8.91. The van der Waals surface area contributed by atoms with Gasteiger partial charge in [-0.05, 0) is 43.4 Å². The van der Waals surface area contributed by atoms with E-state index in [2.05, 4.69) is 20.2 Å². The number of hydrogen-bond acceptors (Lipinski definition) is 3. The molecule has 1 aliphatic heterocycles. The molecule has 0 radical (unpaired) electrons. The minimum absolute atomic E-state index is 0.117. The molecule has 128 valence electrons. The zero-order chi connectivity index (χ0) is 17.0. The van der Waals surface area contributed by atoms with Crippen LogP contribution in [0.3, 0.4) is 0 Å². The van der Waals surface area contributed by atoms with Crippen molar-refractivity contribution in [2.24, 2.45) is 5.41 Å². The number of aryl methyl sites for hydroxylation is 1. The van der Waals surface area contributed by atoms with Gasteiger partial charge < -0.3 is 9.88 Å². The molecule has 0 bridgehead atoms. The van der Waals surface area contributed by atoms with Crippen molar-refractivity contribution in [3.8, 4) is 0 Å². The van der Waals surface area contributed by atoms with Crippen molar-refractivity contribution < 1.29 is 4.79 Å². The summed E-state index contributed by atoms with van der Waals surface area (Å²) in [5.41, 5.74) is 1.95. The third kappa shape index (κ3) is 2.13. The molecule has 2 aromatic heterocycles. The van der Waals surface area contributed by atoms with E-state index in [1.165, 1.54) is 6.42 Å². The Balaban J connectivity index is 1.49. The number of likely N-dealkylation sites (tertiary alicyclic amines) is 1. The fourth-order valence-corrected chi connectivity index (χ4v) is 4.57. The molecule has 5 rings (SSSR count). The van der Waals surface area contributed by atoms with E-state index in [-0.39, 0.29) is 17.2 Å². The van der Waals surface area contributed by atoms with Gasteiger partial charge in [0.25, 0.3) is 5.91 Å². The minimum atomic E-state index is 0.117. The highest BCUT2D eigenvalue weighted by molar-refractivity contribution is 6.06. The zero-order valence-electron chi connectivity index (χ0n) is 14.2. The summed E-state index contributed by atoms with van der Waals surface area (Å²) in [5, 5.41) is 8.36. The Hall–Kier alpha value is -2.63. The number of carbonyl (C=O) groups excluding carboxylic acids is 1. The summed E-state index contributed by atoms with van der Waals surface area (Å²) in [6, 6.07) is 7.85. The molecule has 25 heavy (non-hydrogen) atoms. The number of carbonyl (C=O) groups is 1. The van der Waals surface area contributed by atoms with Crippen LogP contribution in [0.15, 0.2) is 30.5 Å². The van der Waals surface area contributed by atoms with Gasteiger partial charge in [-0.15, -0.1) is 0 Å². The maximum absolute atomic E-state index is 13.2. The molecule has 6 nitrogen and oxygen atoms in total. The summed E-state index contributed by atoms with van der Waals surface area (Å²) in [4.78, 5) is 23.0. The monoisotopic (exact) mass is 335 g/mol. The predicted molar refractivity (Wildman–Crippen MR) is 94.3 cm³/mol. The SMILES string of the molecule is Cc1nc(C2CN(C(=O)c3cccc4[nH]ccc34)CC23CCC3)n[nH]1. The number of fused-ring (bicyclic) bond motifs is 1. The van der Waals surface area contributed by atoms with Crippen molar-refractivity contribution >= 4 is 16.8 Å². The number of H-pyrrole nitrogens is 2. The van der Waals surface area contributed by atoms with Gasteiger partial charge in [0, 0.05) is 41.7 Å². The van der Waals surface area contributed by atoms with E-state index in [0.29, 0.717) is 6.54 Å². The Bertz CT molecular complexity index is 952. The topological polar surface area (TPSA) is 77.7 Å². The molecule has 1 aliphatic carbocycles. The normalized spacial score (nSPS) is 21.8. The van der Waals surface area contributed by atoms with Gasteiger partial charge in [0.1, 0.15) is 5.82 Å². The van der Waals surface area contributed by atoms with Gasteiger partial charge >= 0.3 is 0 Å². The van der Waals surface area contributed by atoms with E-state index in [0.717, 1.165) is 47.5 Å². The van der Waals surface area contributed by atoms with Crippen LogP contribution < -0.4 is 0 Å². The van der Waals surface area contributed by atoms with E-state index in [1.54, 1.807) is 0 Å². The van der Waals surface area contributed by atoms with Gasteiger partial charge in [0.2, 0.25) is 0 Å². The van der Waals surface area contributed by atoms with Crippen LogP contribution in [-0.2, 0) is 0 Å². The molecule has 1 unspecified atom stereocenters. The molecule has 1 saturated heterocycles. The summed E-state index contributed by atoms with van der Waals surface area (Å²) < 4.78 is 0. The Kier molecular flexibility index (Phi) is 3.04. The van der Waals surface area contributed by atoms with Gasteiger partial charge in [0.05, 0.1) is 0 Å². The standard InChI is InChI=1S/C19H21N5O/c1-12-21-17(23-22-12)15-10-24(11-19(15)7-3-8-19)18(25)14-4-2-5-16-13(14)6-9-20-16/h2,4-6,9,15,20H,3,7-8,10-11H2,1H3,(H,21,22,23). The van der Waals surface area contributed by atoms with Crippen molar-refractivity contribution in [3.63, 3.8) is 0 Å². The summed E-state index contributed by atoms with van der Waals surface area (Å²) in [7, 11) is 0. The molecule has 3 aromatic rings. The number of nitrogens with one attached hydrogen (secondary N) is 2. The van der Waals surface area contributed by atoms with E-state index >= 15 is 0 Å². The molecular formula is C19H21N5O. The predicted octanol–water partition coefficient (Wildman–Crippen LogP) is 3.00. The number of amides is 1. The molecule has 2 N–H and O–H groups in total. The lowest BCUT2D eigenvalue weighted by atomic mass is 9.62. The van der Waals surface area contributed by atoms with Gasteiger partial charge in [0.15, 0.2) is 5.82 Å². The molecule has 1 aromatic carbocycles. The molecular weight excluding hydrogens is 314 g/mol. The number of aromatic nitrogens is 4. The van der Waals surface area contributed by atoms with Gasteiger partial charge in [-0.1, -0.05) is 12.5 Å². The van der Waals surface area contributed by atoms with Crippen LogP contribution in [0.5, 0.6) is 0 Å². The first-order chi connectivity index (χ1) is 12.2. The lowest BCUT2D eigenvalue weighted by molar-refractivity contribution is 0.0726. The highest BCUT2D eigenvalue weighted by atomic mass is 16.2. The van der Waals surface area contributed by atoms with Crippen LogP contribution in [0, 0.1) is 12.3 Å². The van der Waals surface area contributed by atoms with Crippen molar-refractivity contribution in [3.05, 3.63) is 47.7 Å². The van der Waals surface area contributed by atoms with Gasteiger partial charge in [-0.25, -0.2) is 4.98 Å². The third-order valence-corrected chi connectivity index (χ3v) is 6.04. The largest absolute Gasteiger partial charge is 0.361 e. The fourth-order valence-electron chi connectivity index (χ4n) is 4.57. The highest BCUT2D eigenvalue weighted by Crippen LogP contribution is 2.55. The first-order valence-electron chi connectivity index (χ1n) is 8.91. The quantitative estimate of drug-likeness (QED) is 0.756. The van der Waals surface area contributed by atoms with E-state index in [9.17, 15) is 4.79 Å². The Labute approximate surface area is 145 Å². The second kappa shape index (κ2) is 5.18. The average molecular weight is 335 g/mol. The number of nitrogens with zero attached hydrogens (tertiary/aromatic N) is 3. The summed E-state index contributed by atoms with van der Waals surface area (Å²) in [6.45, 7) is 3.44. The Morgan fingerprint density at radius 3 is 2.92 bits per heavy atom. The number of hydrogen-bond donors (Lipinski definition) is 2. The summed E-state index contributed by atoms with van der Waals surface area (Å²) >= 11 is 0. The summed E-state index contributed by atoms with van der Waals surface area (Å²) in [5.74, 6) is 2.06. The molecule has 1 amide bonds. The van der Waals surface area contributed by atoms with Crippen molar-refractivity contribution in [2.75, 3.05) is 13.1 Å². The second-order valence-electron chi connectivity index (χ2n) is 7.48. The molecule has 1 spiro atoms. The number of aromatic amines is 2. The zero-order valence-corrected chi connectivity index (χ0v) is 14.2. The van der Waals surface area contributed by atoms with Crippen LogP contribution in [0.2, 0.25) is 0 Å². The van der Waals surface area contributed by atoms with Crippen LogP contribution in [0.1, 0.15) is 47.2 Å². The van der Waals surface area contributed by atoms with E-state index in [1.807, 2.05) is 42.3 Å². The average Bonchev–Trinajstić information content (AvgIpc) is 3.29. The number of rotatable bonds is 2. The van der Waals surface area contributed by atoms with E-state index in [4.69, 9.17) is 0 Å². The lowest BCUT2D eigenvalue weighted by Gasteiger charge is -2.41. The van der Waals surface area contributed by atoms with Crippen LogP contribution >= 0.6 is 0 Å². The number of benzene rings is 1. The van der Waals surface area contributed by atoms with Crippen LogP contribution in [0.4, 0.5) is 0 Å². The molecule has 1 atom stereocenters. The maximum atomic E-state index is 13.2. The van der Waals surface area contributed by atoms with Crippen LogP contribution in [-0.4, -0.2) is 44.1 Å². The Morgan fingerprint density at radius 1 is 1.32 bits per heavy atom. The molecule has 6 heteroatoms. The fraction of sp³-hybridized carbons (Fsp3) is 0.421. The van der Waals surface area contributed by atoms with Crippen molar-refractivity contribution in [1.82, 2.24) is 25.1 Å². The molecule has 2 aliphatic rings. The minimum Gasteiger partial charge on any atom is -0.361 e. The molecule has 3 heterocycles. The smallest absolute Gasteiger partial charge is 0.254 e. The summed E-state index contributed by atoms with van der Waals surface area (Å²) in [6.07, 6.45) is 5.43. The first kappa shape index (κ1) is 14.7. The maximum Gasteiger partial charge on any atom is 0.254 e. The highest BCUT2D eigenvalue weighted by Gasteiger charge is 2.53. The van der Waals surface area contributed by atoms with Gasteiger partial charge in [-0.2, -0.15) is 5.10 Å². The molecule has 1 saturated carbocycles.